The Bertz CT molecular complexity index is 163. The van der Waals surface area contributed by atoms with Gasteiger partial charge in [0.1, 0.15) is 0 Å². The highest BCUT2D eigenvalue weighted by Crippen LogP contribution is 2.26. The highest BCUT2D eigenvalue weighted by molar-refractivity contribution is 4.69. The molecular formula is C15H29NO. The molecule has 0 unspecified atom stereocenters. The molecule has 2 rings (SSSR count). The molecule has 2 nitrogen and oxygen atoms in total. The van der Waals surface area contributed by atoms with E-state index in [1.54, 1.807) is 0 Å². The van der Waals surface area contributed by atoms with Gasteiger partial charge in [0.15, 0.2) is 0 Å². The second-order valence-corrected chi connectivity index (χ2v) is 5.91. The number of ether oxygens (including phenoxy) is 1. The quantitative estimate of drug-likeness (QED) is 0.718. The van der Waals surface area contributed by atoms with Crippen molar-refractivity contribution in [2.75, 3.05) is 26.3 Å². The number of hydrogen-bond acceptors (Lipinski definition) is 2. The van der Waals surface area contributed by atoms with Gasteiger partial charge in [-0.2, -0.15) is 0 Å². The first-order chi connectivity index (χ1) is 8.45. The molecule has 1 heterocycles. The van der Waals surface area contributed by atoms with E-state index in [1.807, 2.05) is 0 Å². The molecule has 2 heteroatoms. The minimum atomic E-state index is 0.874. The Balaban J connectivity index is 1.42. The van der Waals surface area contributed by atoms with Crippen molar-refractivity contribution in [3.8, 4) is 0 Å². The van der Waals surface area contributed by atoms with Gasteiger partial charge in [-0.05, 0) is 50.6 Å². The van der Waals surface area contributed by atoms with E-state index in [2.05, 4.69) is 5.32 Å². The fraction of sp³-hybridized carbons (Fsp3) is 1.00. The van der Waals surface area contributed by atoms with Gasteiger partial charge >= 0.3 is 0 Å². The molecule has 1 aliphatic carbocycles. The molecule has 1 aliphatic heterocycles. The van der Waals surface area contributed by atoms with Crippen molar-refractivity contribution in [1.82, 2.24) is 5.32 Å². The maximum atomic E-state index is 5.81. The van der Waals surface area contributed by atoms with Crippen LogP contribution in [0.25, 0.3) is 0 Å². The lowest BCUT2D eigenvalue weighted by Gasteiger charge is -2.23. The van der Waals surface area contributed by atoms with Crippen LogP contribution in [0.15, 0.2) is 0 Å². The molecule has 0 spiro atoms. The molecule has 0 aromatic rings. The van der Waals surface area contributed by atoms with E-state index >= 15 is 0 Å². The lowest BCUT2D eigenvalue weighted by atomic mass is 9.87. The van der Waals surface area contributed by atoms with Crippen molar-refractivity contribution in [3.05, 3.63) is 0 Å². The Kier molecular flexibility index (Phi) is 6.36. The highest BCUT2D eigenvalue weighted by atomic mass is 16.5. The summed E-state index contributed by atoms with van der Waals surface area (Å²) in [5, 5.41) is 3.47. The van der Waals surface area contributed by atoms with E-state index in [-0.39, 0.29) is 0 Å². The van der Waals surface area contributed by atoms with E-state index in [0.29, 0.717) is 0 Å². The van der Waals surface area contributed by atoms with Gasteiger partial charge in [-0.25, -0.2) is 0 Å². The van der Waals surface area contributed by atoms with Crippen LogP contribution >= 0.6 is 0 Å². The Morgan fingerprint density at radius 2 is 1.53 bits per heavy atom. The van der Waals surface area contributed by atoms with Gasteiger partial charge in [0, 0.05) is 13.2 Å². The molecule has 0 aromatic heterocycles. The molecule has 0 radical (unpaired) electrons. The summed E-state index contributed by atoms with van der Waals surface area (Å²) in [4.78, 5) is 0. The van der Waals surface area contributed by atoms with Crippen LogP contribution in [0, 0.1) is 11.8 Å². The third kappa shape index (κ3) is 5.39. The molecule has 1 saturated carbocycles. The minimum absolute atomic E-state index is 0.874. The van der Waals surface area contributed by atoms with E-state index in [4.69, 9.17) is 4.74 Å². The van der Waals surface area contributed by atoms with Crippen LogP contribution in [0.2, 0.25) is 0 Å². The summed E-state index contributed by atoms with van der Waals surface area (Å²) in [6.07, 6.45) is 12.6. The first kappa shape index (κ1) is 13.4. The number of nitrogens with one attached hydrogen (secondary N) is 1. The Labute approximate surface area is 107 Å². The van der Waals surface area contributed by atoms with Gasteiger partial charge in [-0.3, -0.25) is 0 Å². The number of rotatable bonds is 6. The SMILES string of the molecule is C1CCC(CCOCC[C@@H]2CCCNC2)CC1. The van der Waals surface area contributed by atoms with Gasteiger partial charge in [-0.15, -0.1) is 0 Å². The Hall–Kier alpha value is -0.0800. The van der Waals surface area contributed by atoms with E-state index in [1.165, 1.54) is 70.9 Å². The third-order valence-electron chi connectivity index (χ3n) is 4.46. The van der Waals surface area contributed by atoms with E-state index in [9.17, 15) is 0 Å². The summed E-state index contributed by atoms with van der Waals surface area (Å²) < 4.78 is 5.81. The monoisotopic (exact) mass is 239 g/mol. The van der Waals surface area contributed by atoms with Crippen molar-refractivity contribution in [2.24, 2.45) is 11.8 Å². The van der Waals surface area contributed by atoms with Gasteiger partial charge < -0.3 is 10.1 Å². The molecule has 1 saturated heterocycles. The molecular weight excluding hydrogens is 210 g/mol. The highest BCUT2D eigenvalue weighted by Gasteiger charge is 2.14. The summed E-state index contributed by atoms with van der Waals surface area (Å²) >= 11 is 0. The molecule has 100 valence electrons. The van der Waals surface area contributed by atoms with Crippen LogP contribution in [0.3, 0.4) is 0 Å². The molecule has 0 amide bonds. The normalized spacial score (nSPS) is 27.2. The summed E-state index contributed by atoms with van der Waals surface area (Å²) in [5.41, 5.74) is 0. The van der Waals surface area contributed by atoms with Crippen molar-refractivity contribution >= 4 is 0 Å². The van der Waals surface area contributed by atoms with Crippen molar-refractivity contribution in [3.63, 3.8) is 0 Å². The molecule has 2 aliphatic rings. The molecule has 0 aromatic carbocycles. The predicted octanol–water partition coefficient (Wildman–Crippen LogP) is 3.36. The summed E-state index contributed by atoms with van der Waals surface area (Å²) in [5.74, 6) is 1.85. The van der Waals surface area contributed by atoms with Crippen LogP contribution < -0.4 is 5.32 Å². The minimum Gasteiger partial charge on any atom is -0.381 e. The topological polar surface area (TPSA) is 21.3 Å². The fourth-order valence-corrected chi connectivity index (χ4v) is 3.25. The first-order valence-electron chi connectivity index (χ1n) is 7.73. The summed E-state index contributed by atoms with van der Waals surface area (Å²) in [7, 11) is 0. The molecule has 17 heavy (non-hydrogen) atoms. The Morgan fingerprint density at radius 1 is 0.824 bits per heavy atom. The van der Waals surface area contributed by atoms with Crippen LogP contribution in [0.4, 0.5) is 0 Å². The maximum Gasteiger partial charge on any atom is 0.0469 e. The summed E-state index contributed by atoms with van der Waals surface area (Å²) in [6, 6.07) is 0. The average molecular weight is 239 g/mol. The smallest absolute Gasteiger partial charge is 0.0469 e. The lowest BCUT2D eigenvalue weighted by molar-refractivity contribution is 0.0989. The zero-order valence-corrected chi connectivity index (χ0v) is 11.3. The van der Waals surface area contributed by atoms with Crippen molar-refractivity contribution < 1.29 is 4.74 Å². The molecule has 1 N–H and O–H groups in total. The third-order valence-corrected chi connectivity index (χ3v) is 4.46. The predicted molar refractivity (Wildman–Crippen MR) is 72.2 cm³/mol. The van der Waals surface area contributed by atoms with Crippen LogP contribution in [0.1, 0.15) is 57.8 Å². The van der Waals surface area contributed by atoms with E-state index < -0.39 is 0 Å². The van der Waals surface area contributed by atoms with Crippen molar-refractivity contribution in [1.29, 1.82) is 0 Å². The molecule has 2 fully saturated rings. The lowest BCUT2D eigenvalue weighted by Crippen LogP contribution is -2.30. The fourth-order valence-electron chi connectivity index (χ4n) is 3.25. The zero-order valence-electron chi connectivity index (χ0n) is 11.3. The van der Waals surface area contributed by atoms with Crippen LogP contribution in [0.5, 0.6) is 0 Å². The standard InChI is InChI=1S/C15H29NO/c1-2-5-14(6-3-1)8-11-17-12-9-15-7-4-10-16-13-15/h14-16H,1-13H2/t15-/m0/s1. The first-order valence-corrected chi connectivity index (χ1v) is 7.73. The zero-order chi connectivity index (χ0) is 11.8. The largest absolute Gasteiger partial charge is 0.381 e. The number of hydrogen-bond donors (Lipinski definition) is 1. The van der Waals surface area contributed by atoms with Crippen molar-refractivity contribution in [2.45, 2.75) is 57.8 Å². The summed E-state index contributed by atoms with van der Waals surface area (Å²) in [6.45, 7) is 4.43. The van der Waals surface area contributed by atoms with Gasteiger partial charge in [0.25, 0.3) is 0 Å². The number of piperidine rings is 1. The maximum absolute atomic E-state index is 5.81. The van der Waals surface area contributed by atoms with Gasteiger partial charge in [0.2, 0.25) is 0 Å². The second kappa shape index (κ2) is 8.10. The molecule has 1 atom stereocenters. The van der Waals surface area contributed by atoms with Crippen LogP contribution in [-0.2, 0) is 4.74 Å². The second-order valence-electron chi connectivity index (χ2n) is 5.91. The van der Waals surface area contributed by atoms with Crippen LogP contribution in [-0.4, -0.2) is 26.3 Å². The Morgan fingerprint density at radius 3 is 2.24 bits per heavy atom. The van der Waals surface area contributed by atoms with Gasteiger partial charge in [0.05, 0.1) is 0 Å². The average Bonchev–Trinajstić information content (AvgIpc) is 2.41. The van der Waals surface area contributed by atoms with E-state index in [0.717, 1.165) is 25.0 Å². The van der Waals surface area contributed by atoms with Gasteiger partial charge in [-0.1, -0.05) is 32.1 Å². The molecule has 0 bridgehead atoms.